The van der Waals surface area contributed by atoms with Gasteiger partial charge in [0.15, 0.2) is 9.84 Å². The van der Waals surface area contributed by atoms with E-state index < -0.39 is 20.4 Å². The van der Waals surface area contributed by atoms with Crippen LogP contribution in [-0.2, 0) is 16.4 Å². The molecule has 0 bridgehead atoms. The number of hydrogen-bond donors (Lipinski definition) is 1. The van der Waals surface area contributed by atoms with E-state index >= 15 is 0 Å². The maximum Gasteiger partial charge on any atom is 0.158 e. The van der Waals surface area contributed by atoms with Crippen LogP contribution >= 0.6 is 0 Å². The van der Waals surface area contributed by atoms with E-state index in [0.29, 0.717) is 5.56 Å². The van der Waals surface area contributed by atoms with Crippen molar-refractivity contribution in [2.45, 2.75) is 32.1 Å². The lowest BCUT2D eigenvalue weighted by Gasteiger charge is -2.19. The van der Waals surface area contributed by atoms with Crippen molar-refractivity contribution >= 4 is 9.84 Å². The van der Waals surface area contributed by atoms with Crippen LogP contribution < -0.4 is 4.74 Å². The molecule has 1 aromatic carbocycles. The molecule has 1 N–H and O–H groups in total. The average molecular weight is 290 g/mol. The highest BCUT2D eigenvalue weighted by molar-refractivity contribution is 7.92. The van der Waals surface area contributed by atoms with Crippen LogP contribution in [0.3, 0.4) is 0 Å². The minimum atomic E-state index is -3.26. The Bertz CT molecular complexity index is 532. The van der Waals surface area contributed by atoms with E-state index in [1.165, 1.54) is 12.1 Å². The summed E-state index contributed by atoms with van der Waals surface area (Å²) in [6.07, 6.45) is 0. The van der Waals surface area contributed by atoms with Crippen molar-refractivity contribution < 1.29 is 22.7 Å². The number of ether oxygens (including phenoxy) is 1. The highest BCUT2D eigenvalue weighted by atomic mass is 32.2. The summed E-state index contributed by atoms with van der Waals surface area (Å²) in [5.41, 5.74) is 0.383. The minimum absolute atomic E-state index is 0.0477. The lowest BCUT2D eigenvalue weighted by atomic mass is 10.2. The second-order valence-electron chi connectivity index (χ2n) is 5.23. The first kappa shape index (κ1) is 15.9. The molecule has 0 aliphatic carbocycles. The third-order valence-electron chi connectivity index (χ3n) is 2.67. The van der Waals surface area contributed by atoms with Crippen molar-refractivity contribution in [3.63, 3.8) is 0 Å². The van der Waals surface area contributed by atoms with Gasteiger partial charge in [0.25, 0.3) is 0 Å². The molecule has 0 unspecified atom stereocenters. The van der Waals surface area contributed by atoms with Gasteiger partial charge in [0, 0.05) is 6.07 Å². The highest BCUT2D eigenvalue weighted by Crippen LogP contribution is 2.18. The number of hydrogen-bond acceptors (Lipinski definition) is 4. The predicted octanol–water partition coefficient (Wildman–Crippen LogP) is 1.91. The van der Waals surface area contributed by atoms with Gasteiger partial charge in [0.2, 0.25) is 0 Å². The zero-order valence-corrected chi connectivity index (χ0v) is 12.1. The molecule has 0 fully saturated rings. The predicted molar refractivity (Wildman–Crippen MR) is 71.4 cm³/mol. The lowest BCUT2D eigenvalue weighted by molar-refractivity contribution is 0.279. The van der Waals surface area contributed by atoms with Gasteiger partial charge in [0.1, 0.15) is 18.2 Å². The van der Waals surface area contributed by atoms with Gasteiger partial charge in [-0.25, -0.2) is 12.8 Å². The molecule has 1 rings (SSSR count). The molecule has 108 valence electrons. The highest BCUT2D eigenvalue weighted by Gasteiger charge is 2.28. The largest absolute Gasteiger partial charge is 0.492 e. The van der Waals surface area contributed by atoms with Gasteiger partial charge in [-0.3, -0.25) is 0 Å². The van der Waals surface area contributed by atoms with Crippen LogP contribution in [-0.4, -0.2) is 30.6 Å². The number of benzene rings is 1. The van der Waals surface area contributed by atoms with Crippen molar-refractivity contribution in [2.24, 2.45) is 0 Å². The molecule has 4 nitrogen and oxygen atoms in total. The van der Waals surface area contributed by atoms with Gasteiger partial charge in [-0.1, -0.05) is 0 Å². The molecule has 0 aliphatic heterocycles. The fourth-order valence-electron chi connectivity index (χ4n) is 1.37. The van der Waals surface area contributed by atoms with E-state index in [0.717, 1.165) is 6.07 Å². The monoisotopic (exact) mass is 290 g/mol. The smallest absolute Gasteiger partial charge is 0.158 e. The van der Waals surface area contributed by atoms with Crippen molar-refractivity contribution in [1.82, 2.24) is 0 Å². The van der Waals surface area contributed by atoms with Gasteiger partial charge < -0.3 is 9.84 Å². The Balaban J connectivity index is 2.66. The third kappa shape index (κ3) is 4.47. The summed E-state index contributed by atoms with van der Waals surface area (Å²) in [4.78, 5) is 0. The van der Waals surface area contributed by atoms with Crippen LogP contribution in [0.25, 0.3) is 0 Å². The summed E-state index contributed by atoms with van der Waals surface area (Å²) in [6.45, 7) is 4.51. The van der Waals surface area contributed by atoms with Crippen molar-refractivity contribution in [3.8, 4) is 5.75 Å². The van der Waals surface area contributed by atoms with E-state index in [1.54, 1.807) is 20.8 Å². The van der Waals surface area contributed by atoms with Gasteiger partial charge in [-0.05, 0) is 38.5 Å². The number of rotatable bonds is 5. The van der Waals surface area contributed by atoms with E-state index in [2.05, 4.69) is 0 Å². The number of sulfone groups is 1. The summed E-state index contributed by atoms with van der Waals surface area (Å²) in [7, 11) is -3.26. The second kappa shape index (κ2) is 5.88. The first-order chi connectivity index (χ1) is 8.65. The van der Waals surface area contributed by atoms with Gasteiger partial charge >= 0.3 is 0 Å². The summed E-state index contributed by atoms with van der Waals surface area (Å²) in [5.74, 6) is -0.449. The first-order valence-electron chi connectivity index (χ1n) is 5.91. The van der Waals surface area contributed by atoms with Gasteiger partial charge in [-0.2, -0.15) is 0 Å². The standard InChI is InChI=1S/C13H19FO4S/c1-13(2,3)19(16,17)5-4-18-12-7-10(9-15)6-11(14)8-12/h6-8,15H,4-5,9H2,1-3H3. The fourth-order valence-corrected chi connectivity index (χ4v) is 2.29. The van der Waals surface area contributed by atoms with Crippen LogP contribution in [0.1, 0.15) is 26.3 Å². The van der Waals surface area contributed by atoms with E-state index in [4.69, 9.17) is 9.84 Å². The first-order valence-corrected chi connectivity index (χ1v) is 7.56. The molecule has 1 aromatic rings. The molecule has 6 heteroatoms. The number of aliphatic hydroxyl groups is 1. The van der Waals surface area contributed by atoms with Crippen LogP contribution in [0.5, 0.6) is 5.75 Å². The quantitative estimate of drug-likeness (QED) is 0.899. The fraction of sp³-hybridized carbons (Fsp3) is 0.538. The summed E-state index contributed by atoms with van der Waals surface area (Å²) in [5, 5.41) is 8.93. The van der Waals surface area contributed by atoms with Gasteiger partial charge in [0.05, 0.1) is 17.1 Å². The summed E-state index contributed by atoms with van der Waals surface area (Å²) < 4.78 is 41.2. The van der Waals surface area contributed by atoms with E-state index in [1.807, 2.05) is 0 Å². The molecule has 19 heavy (non-hydrogen) atoms. The third-order valence-corrected chi connectivity index (χ3v) is 5.24. The Hall–Kier alpha value is -1.14. The summed E-state index contributed by atoms with van der Waals surface area (Å²) >= 11 is 0. The van der Waals surface area contributed by atoms with Crippen molar-refractivity contribution in [2.75, 3.05) is 12.4 Å². The molecule has 0 atom stereocenters. The Morgan fingerprint density at radius 1 is 1.26 bits per heavy atom. The zero-order valence-electron chi connectivity index (χ0n) is 11.3. The van der Waals surface area contributed by atoms with Crippen LogP contribution in [0, 0.1) is 5.82 Å². The van der Waals surface area contributed by atoms with E-state index in [-0.39, 0.29) is 24.7 Å². The Morgan fingerprint density at radius 2 is 1.89 bits per heavy atom. The van der Waals surface area contributed by atoms with Crippen molar-refractivity contribution in [1.29, 1.82) is 0 Å². The molecule has 0 aliphatic rings. The molecule has 0 aromatic heterocycles. The Labute approximate surface area is 113 Å². The summed E-state index contributed by atoms with van der Waals surface area (Å²) in [6, 6.07) is 3.83. The van der Waals surface area contributed by atoms with E-state index in [9.17, 15) is 12.8 Å². The average Bonchev–Trinajstić information content (AvgIpc) is 2.26. The lowest BCUT2D eigenvalue weighted by Crippen LogP contribution is -2.32. The second-order valence-corrected chi connectivity index (χ2v) is 8.10. The molecule has 0 radical (unpaired) electrons. The molecular weight excluding hydrogens is 271 g/mol. The van der Waals surface area contributed by atoms with Crippen LogP contribution in [0.2, 0.25) is 0 Å². The number of aliphatic hydroxyl groups excluding tert-OH is 1. The Kier molecular flexibility index (Phi) is 4.92. The molecular formula is C13H19FO4S. The number of halogens is 1. The zero-order chi connectivity index (χ0) is 14.7. The molecule has 0 heterocycles. The molecule has 0 amide bonds. The maximum atomic E-state index is 13.2. The SMILES string of the molecule is CC(C)(C)S(=O)(=O)CCOc1cc(F)cc(CO)c1. The van der Waals surface area contributed by atoms with Crippen LogP contribution in [0.15, 0.2) is 18.2 Å². The van der Waals surface area contributed by atoms with Crippen LogP contribution in [0.4, 0.5) is 4.39 Å². The van der Waals surface area contributed by atoms with Crippen molar-refractivity contribution in [3.05, 3.63) is 29.6 Å². The minimum Gasteiger partial charge on any atom is -0.492 e. The topological polar surface area (TPSA) is 63.6 Å². The molecule has 0 spiro atoms. The molecule has 0 saturated heterocycles. The maximum absolute atomic E-state index is 13.2. The normalized spacial score (nSPS) is 12.5. The molecule has 0 saturated carbocycles. The Morgan fingerprint density at radius 3 is 2.42 bits per heavy atom. The van der Waals surface area contributed by atoms with Gasteiger partial charge in [-0.15, -0.1) is 0 Å².